The SMILES string of the molecule is O=C(O)CC1Cc2ccc(F)cc2CN1. The fourth-order valence-corrected chi connectivity index (χ4v) is 1.91. The molecular weight excluding hydrogens is 197 g/mol. The largest absolute Gasteiger partial charge is 0.481 e. The molecule has 1 aromatic carbocycles. The van der Waals surface area contributed by atoms with Gasteiger partial charge in [-0.1, -0.05) is 6.07 Å². The van der Waals surface area contributed by atoms with Gasteiger partial charge in [-0.3, -0.25) is 4.79 Å². The van der Waals surface area contributed by atoms with Crippen LogP contribution in [0.15, 0.2) is 18.2 Å². The van der Waals surface area contributed by atoms with Crippen molar-refractivity contribution in [2.24, 2.45) is 0 Å². The predicted molar refractivity (Wildman–Crippen MR) is 53.0 cm³/mol. The molecule has 1 aliphatic rings. The van der Waals surface area contributed by atoms with Crippen LogP contribution >= 0.6 is 0 Å². The van der Waals surface area contributed by atoms with Crippen molar-refractivity contribution in [2.75, 3.05) is 0 Å². The van der Waals surface area contributed by atoms with E-state index in [9.17, 15) is 9.18 Å². The van der Waals surface area contributed by atoms with Crippen molar-refractivity contribution in [1.82, 2.24) is 5.32 Å². The van der Waals surface area contributed by atoms with Crippen LogP contribution < -0.4 is 5.32 Å². The summed E-state index contributed by atoms with van der Waals surface area (Å²) in [6.45, 7) is 0.547. The Morgan fingerprint density at radius 2 is 2.33 bits per heavy atom. The summed E-state index contributed by atoms with van der Waals surface area (Å²) in [5, 5.41) is 11.7. The highest BCUT2D eigenvalue weighted by Gasteiger charge is 2.20. The van der Waals surface area contributed by atoms with Gasteiger partial charge >= 0.3 is 5.97 Å². The molecule has 1 atom stereocenters. The second-order valence-corrected chi connectivity index (χ2v) is 3.79. The van der Waals surface area contributed by atoms with Crippen LogP contribution in [0.3, 0.4) is 0 Å². The van der Waals surface area contributed by atoms with Gasteiger partial charge in [-0.05, 0) is 29.7 Å². The van der Waals surface area contributed by atoms with E-state index in [0.29, 0.717) is 13.0 Å². The van der Waals surface area contributed by atoms with Crippen molar-refractivity contribution in [3.8, 4) is 0 Å². The van der Waals surface area contributed by atoms with Gasteiger partial charge < -0.3 is 10.4 Å². The van der Waals surface area contributed by atoms with E-state index >= 15 is 0 Å². The first-order valence-electron chi connectivity index (χ1n) is 4.87. The molecule has 0 bridgehead atoms. The summed E-state index contributed by atoms with van der Waals surface area (Å²) in [6.07, 6.45) is 0.763. The topological polar surface area (TPSA) is 49.3 Å². The van der Waals surface area contributed by atoms with Crippen LogP contribution in [-0.2, 0) is 17.8 Å². The summed E-state index contributed by atoms with van der Waals surface area (Å²) in [5.41, 5.74) is 1.97. The van der Waals surface area contributed by atoms with Crippen LogP contribution in [0.25, 0.3) is 0 Å². The highest BCUT2D eigenvalue weighted by atomic mass is 19.1. The van der Waals surface area contributed by atoms with Gasteiger partial charge in [-0.15, -0.1) is 0 Å². The van der Waals surface area contributed by atoms with Gasteiger partial charge in [-0.25, -0.2) is 4.39 Å². The standard InChI is InChI=1S/C11H12FNO2/c12-9-2-1-7-4-10(5-11(14)15)13-6-8(7)3-9/h1-3,10,13H,4-6H2,(H,14,15). The molecule has 2 N–H and O–H groups in total. The van der Waals surface area contributed by atoms with Gasteiger partial charge in [0.2, 0.25) is 0 Å². The molecule has 0 aliphatic carbocycles. The van der Waals surface area contributed by atoms with E-state index in [2.05, 4.69) is 5.32 Å². The maximum atomic E-state index is 12.9. The maximum Gasteiger partial charge on any atom is 0.304 e. The smallest absolute Gasteiger partial charge is 0.304 e. The number of nitrogens with one attached hydrogen (secondary N) is 1. The average molecular weight is 209 g/mol. The second kappa shape index (κ2) is 3.98. The zero-order valence-electron chi connectivity index (χ0n) is 8.16. The number of fused-ring (bicyclic) bond motifs is 1. The molecule has 0 amide bonds. The van der Waals surface area contributed by atoms with E-state index < -0.39 is 5.97 Å². The molecule has 1 unspecified atom stereocenters. The Bertz CT molecular complexity index is 392. The summed E-state index contributed by atoms with van der Waals surface area (Å²) < 4.78 is 12.9. The molecule has 15 heavy (non-hydrogen) atoms. The molecule has 0 fully saturated rings. The molecule has 1 aromatic rings. The van der Waals surface area contributed by atoms with Crippen molar-refractivity contribution in [1.29, 1.82) is 0 Å². The Kier molecular flexibility index (Phi) is 2.68. The van der Waals surface area contributed by atoms with E-state index in [1.54, 1.807) is 6.07 Å². The van der Waals surface area contributed by atoms with E-state index in [0.717, 1.165) is 11.1 Å². The fourth-order valence-electron chi connectivity index (χ4n) is 1.91. The van der Waals surface area contributed by atoms with Gasteiger partial charge in [0.25, 0.3) is 0 Å². The van der Waals surface area contributed by atoms with Gasteiger partial charge in [0.05, 0.1) is 6.42 Å². The monoisotopic (exact) mass is 209 g/mol. The number of carbonyl (C=O) groups is 1. The average Bonchev–Trinajstić information content (AvgIpc) is 2.17. The Labute approximate surface area is 86.9 Å². The Hall–Kier alpha value is -1.42. The highest BCUT2D eigenvalue weighted by Crippen LogP contribution is 2.19. The number of halogens is 1. The molecule has 80 valence electrons. The molecule has 1 aliphatic heterocycles. The minimum atomic E-state index is -0.807. The molecule has 0 radical (unpaired) electrons. The summed E-state index contributed by atoms with van der Waals surface area (Å²) in [7, 11) is 0. The summed E-state index contributed by atoms with van der Waals surface area (Å²) >= 11 is 0. The number of aliphatic carboxylic acids is 1. The molecule has 2 rings (SSSR count). The quantitative estimate of drug-likeness (QED) is 0.772. The van der Waals surface area contributed by atoms with Crippen molar-refractivity contribution < 1.29 is 14.3 Å². The Morgan fingerprint density at radius 1 is 1.53 bits per heavy atom. The minimum Gasteiger partial charge on any atom is -0.481 e. The molecule has 4 heteroatoms. The van der Waals surface area contributed by atoms with Crippen LogP contribution in [0.4, 0.5) is 4.39 Å². The van der Waals surface area contributed by atoms with Crippen molar-refractivity contribution in [2.45, 2.75) is 25.4 Å². The van der Waals surface area contributed by atoms with Crippen LogP contribution in [0, 0.1) is 5.82 Å². The van der Waals surface area contributed by atoms with Crippen molar-refractivity contribution >= 4 is 5.97 Å². The molecule has 1 heterocycles. The first kappa shape index (κ1) is 10.1. The zero-order chi connectivity index (χ0) is 10.8. The predicted octanol–water partition coefficient (Wildman–Crippen LogP) is 1.31. The van der Waals surface area contributed by atoms with Gasteiger partial charge in [0, 0.05) is 12.6 Å². The number of rotatable bonds is 2. The van der Waals surface area contributed by atoms with E-state index in [4.69, 9.17) is 5.11 Å². The Morgan fingerprint density at radius 3 is 3.07 bits per heavy atom. The normalized spacial score (nSPS) is 19.7. The number of hydrogen-bond acceptors (Lipinski definition) is 2. The molecule has 0 aromatic heterocycles. The number of carboxylic acids is 1. The van der Waals surface area contributed by atoms with E-state index in [1.165, 1.54) is 12.1 Å². The lowest BCUT2D eigenvalue weighted by Crippen LogP contribution is -2.37. The van der Waals surface area contributed by atoms with Crippen molar-refractivity contribution in [3.05, 3.63) is 35.1 Å². The molecule has 3 nitrogen and oxygen atoms in total. The summed E-state index contributed by atoms with van der Waals surface area (Å²) in [4.78, 5) is 10.5. The van der Waals surface area contributed by atoms with Crippen LogP contribution in [0.2, 0.25) is 0 Å². The number of benzene rings is 1. The zero-order valence-corrected chi connectivity index (χ0v) is 8.16. The van der Waals surface area contributed by atoms with Crippen LogP contribution in [0.1, 0.15) is 17.5 Å². The summed E-state index contributed by atoms with van der Waals surface area (Å²) in [5.74, 6) is -1.05. The molecule has 0 spiro atoms. The number of carboxylic acid groups (broad SMARTS) is 1. The van der Waals surface area contributed by atoms with E-state index in [1.807, 2.05) is 0 Å². The molecule has 0 saturated heterocycles. The molecule has 0 saturated carbocycles. The lowest BCUT2D eigenvalue weighted by molar-refractivity contribution is -0.137. The third-order valence-electron chi connectivity index (χ3n) is 2.64. The van der Waals surface area contributed by atoms with Gasteiger partial charge in [0.1, 0.15) is 5.82 Å². The number of hydrogen-bond donors (Lipinski definition) is 2. The van der Waals surface area contributed by atoms with Crippen LogP contribution in [0.5, 0.6) is 0 Å². The lowest BCUT2D eigenvalue weighted by atomic mass is 9.94. The third-order valence-corrected chi connectivity index (χ3v) is 2.64. The molecular formula is C11H12FNO2. The van der Waals surface area contributed by atoms with Crippen molar-refractivity contribution in [3.63, 3.8) is 0 Å². The van der Waals surface area contributed by atoms with E-state index in [-0.39, 0.29) is 18.3 Å². The third kappa shape index (κ3) is 2.33. The van der Waals surface area contributed by atoms with Crippen LogP contribution in [-0.4, -0.2) is 17.1 Å². The first-order chi connectivity index (χ1) is 7.15. The fraction of sp³-hybridized carbons (Fsp3) is 0.364. The minimum absolute atomic E-state index is 0.0412. The summed E-state index contributed by atoms with van der Waals surface area (Å²) in [6, 6.07) is 4.61. The maximum absolute atomic E-state index is 12.9. The van der Waals surface area contributed by atoms with Gasteiger partial charge in [-0.2, -0.15) is 0 Å². The first-order valence-corrected chi connectivity index (χ1v) is 4.87. The second-order valence-electron chi connectivity index (χ2n) is 3.79. The Balaban J connectivity index is 2.13. The lowest BCUT2D eigenvalue weighted by Gasteiger charge is -2.24. The highest BCUT2D eigenvalue weighted by molar-refractivity contribution is 5.67. The van der Waals surface area contributed by atoms with Gasteiger partial charge in [0.15, 0.2) is 0 Å².